The van der Waals surface area contributed by atoms with E-state index in [9.17, 15) is 13.4 Å². The number of rotatable bonds is 5. The molecule has 0 aromatic heterocycles. The Morgan fingerprint density at radius 3 is 2.35 bits per heavy atom. The van der Waals surface area contributed by atoms with E-state index in [4.69, 9.17) is 0 Å². The van der Waals surface area contributed by atoms with Gasteiger partial charge in [0.05, 0.1) is 0 Å². The van der Waals surface area contributed by atoms with Crippen LogP contribution in [0, 0.1) is 5.82 Å². The fraction of sp³-hybridized carbons (Fsp3) is 0.500. The highest BCUT2D eigenvalue weighted by molar-refractivity contribution is 7.86. The summed E-state index contributed by atoms with van der Waals surface area (Å²) in [5, 5.41) is 5.31. The van der Waals surface area contributed by atoms with Gasteiger partial charge in [-0.2, -0.15) is 0 Å². The molecule has 0 aliphatic rings. The van der Waals surface area contributed by atoms with Crippen molar-refractivity contribution >= 4 is 16.8 Å². The van der Waals surface area contributed by atoms with E-state index in [2.05, 4.69) is 10.6 Å². The van der Waals surface area contributed by atoms with Crippen molar-refractivity contribution in [3.05, 3.63) is 35.6 Å². The van der Waals surface area contributed by atoms with Gasteiger partial charge in [-0.25, -0.2) is 9.18 Å². The van der Waals surface area contributed by atoms with Crippen molar-refractivity contribution in [3.63, 3.8) is 0 Å². The van der Waals surface area contributed by atoms with E-state index in [1.165, 1.54) is 12.1 Å². The molecule has 112 valence electrons. The van der Waals surface area contributed by atoms with Gasteiger partial charge >= 0.3 is 6.03 Å². The Morgan fingerprint density at radius 1 is 1.20 bits per heavy atom. The quantitative estimate of drug-likeness (QED) is 0.875. The fourth-order valence-corrected chi connectivity index (χ4v) is 2.31. The van der Waals surface area contributed by atoms with Gasteiger partial charge < -0.3 is 10.6 Å². The minimum atomic E-state index is -0.980. The molecule has 0 bridgehead atoms. The average Bonchev–Trinajstić information content (AvgIpc) is 2.37. The molecule has 1 rings (SSSR count). The second kappa shape index (κ2) is 7.38. The molecule has 1 aromatic rings. The lowest BCUT2D eigenvalue weighted by Crippen LogP contribution is -2.38. The van der Waals surface area contributed by atoms with Crippen molar-refractivity contribution < 1.29 is 13.4 Å². The number of hydrogen-bond acceptors (Lipinski definition) is 2. The Balaban J connectivity index is 2.24. The van der Waals surface area contributed by atoms with Crippen LogP contribution >= 0.6 is 0 Å². The molecule has 2 N–H and O–H groups in total. The van der Waals surface area contributed by atoms with Gasteiger partial charge in [-0.15, -0.1) is 0 Å². The molecule has 4 nitrogen and oxygen atoms in total. The Hall–Kier alpha value is -1.43. The normalized spacial score (nSPS) is 12.8. The summed E-state index contributed by atoms with van der Waals surface area (Å²) in [4.78, 5) is 11.5. The Kier molecular flexibility index (Phi) is 6.13. The van der Waals surface area contributed by atoms with E-state index >= 15 is 0 Å². The Morgan fingerprint density at radius 2 is 1.80 bits per heavy atom. The molecular weight excluding hydrogens is 279 g/mol. The third-order valence-electron chi connectivity index (χ3n) is 2.62. The number of carbonyl (C=O) groups is 1. The lowest BCUT2D eigenvalue weighted by Gasteiger charge is -2.17. The molecule has 0 saturated heterocycles. The summed E-state index contributed by atoms with van der Waals surface area (Å²) in [7, 11) is -0.980. The number of hydrogen-bond donors (Lipinski definition) is 2. The van der Waals surface area contributed by atoms with Gasteiger partial charge in [-0.05, 0) is 38.5 Å². The van der Waals surface area contributed by atoms with E-state index in [0.717, 1.165) is 5.56 Å². The summed E-state index contributed by atoms with van der Waals surface area (Å²) in [5.41, 5.74) is 0.819. The van der Waals surface area contributed by atoms with Gasteiger partial charge in [0.2, 0.25) is 0 Å². The summed E-state index contributed by atoms with van der Waals surface area (Å²) >= 11 is 0. The largest absolute Gasteiger partial charge is 0.337 e. The van der Waals surface area contributed by atoms with Crippen molar-refractivity contribution in [2.45, 2.75) is 32.1 Å². The minimum absolute atomic E-state index is 0.272. The van der Waals surface area contributed by atoms with Crippen molar-refractivity contribution in [3.8, 4) is 0 Å². The summed E-state index contributed by atoms with van der Waals surface area (Å²) in [6.07, 6.45) is 0. The molecule has 1 atom stereocenters. The number of benzene rings is 1. The third-order valence-corrected chi connectivity index (χ3v) is 4.56. The maximum Gasteiger partial charge on any atom is 0.315 e. The average molecular weight is 300 g/mol. The van der Waals surface area contributed by atoms with E-state index in [1.54, 1.807) is 12.1 Å². The summed E-state index contributed by atoms with van der Waals surface area (Å²) in [6, 6.07) is 5.61. The van der Waals surface area contributed by atoms with Crippen molar-refractivity contribution in [1.82, 2.24) is 10.6 Å². The van der Waals surface area contributed by atoms with Crippen LogP contribution in [-0.4, -0.2) is 27.3 Å². The third kappa shape index (κ3) is 6.14. The van der Waals surface area contributed by atoms with Crippen molar-refractivity contribution in [2.24, 2.45) is 0 Å². The summed E-state index contributed by atoms with van der Waals surface area (Å²) in [6.45, 7) is 6.39. The molecular formula is C14H21FN2O2S. The molecule has 1 unspecified atom stereocenters. The predicted molar refractivity (Wildman–Crippen MR) is 79.4 cm³/mol. The fourth-order valence-electron chi connectivity index (χ4n) is 1.41. The maximum absolute atomic E-state index is 12.7. The van der Waals surface area contributed by atoms with E-state index in [1.807, 2.05) is 20.8 Å². The molecule has 0 heterocycles. The molecule has 0 fully saturated rings. The first-order valence-electron chi connectivity index (χ1n) is 6.43. The SMILES string of the molecule is CC(C)(C)S(=O)CCNC(=O)NCc1ccc(F)cc1. The highest BCUT2D eigenvalue weighted by atomic mass is 32.2. The molecule has 0 aliphatic carbocycles. The van der Waals surface area contributed by atoms with Crippen LogP contribution in [-0.2, 0) is 17.3 Å². The molecule has 6 heteroatoms. The Labute approximate surface area is 121 Å². The lowest BCUT2D eigenvalue weighted by molar-refractivity contribution is 0.241. The highest BCUT2D eigenvalue weighted by Crippen LogP contribution is 2.10. The van der Waals surface area contributed by atoms with Gasteiger partial charge in [0.15, 0.2) is 0 Å². The topological polar surface area (TPSA) is 58.2 Å². The summed E-state index contributed by atoms with van der Waals surface area (Å²) in [5.74, 6) is 0.121. The summed E-state index contributed by atoms with van der Waals surface area (Å²) < 4.78 is 24.2. The van der Waals surface area contributed by atoms with Crippen molar-refractivity contribution in [1.29, 1.82) is 0 Å². The van der Waals surface area contributed by atoms with Gasteiger partial charge in [0.1, 0.15) is 5.82 Å². The zero-order valence-corrected chi connectivity index (χ0v) is 12.8. The zero-order chi connectivity index (χ0) is 15.2. The predicted octanol–water partition coefficient (Wildman–Crippen LogP) is 2.17. The molecule has 20 heavy (non-hydrogen) atoms. The number of nitrogens with one attached hydrogen (secondary N) is 2. The number of amides is 2. The lowest BCUT2D eigenvalue weighted by atomic mass is 10.2. The van der Waals surface area contributed by atoms with E-state index < -0.39 is 10.8 Å². The van der Waals surface area contributed by atoms with Crippen LogP contribution in [0.15, 0.2) is 24.3 Å². The molecule has 0 saturated carbocycles. The van der Waals surface area contributed by atoms with Gasteiger partial charge in [-0.3, -0.25) is 4.21 Å². The van der Waals surface area contributed by atoms with Crippen LogP contribution in [0.4, 0.5) is 9.18 Å². The standard InChI is InChI=1S/C14H21FN2O2S/c1-14(2,3)20(19)9-8-16-13(18)17-10-11-4-6-12(15)7-5-11/h4-7H,8-10H2,1-3H3,(H2,16,17,18). The minimum Gasteiger partial charge on any atom is -0.337 e. The maximum atomic E-state index is 12.7. The van der Waals surface area contributed by atoms with Crippen LogP contribution in [0.25, 0.3) is 0 Å². The molecule has 1 aromatic carbocycles. The first-order valence-corrected chi connectivity index (χ1v) is 7.75. The van der Waals surface area contributed by atoms with E-state index in [0.29, 0.717) is 18.8 Å². The van der Waals surface area contributed by atoms with Crippen LogP contribution in [0.5, 0.6) is 0 Å². The van der Waals surface area contributed by atoms with Crippen LogP contribution in [0.2, 0.25) is 0 Å². The first kappa shape index (κ1) is 16.6. The van der Waals surface area contributed by atoms with Gasteiger partial charge in [0, 0.05) is 34.4 Å². The zero-order valence-electron chi connectivity index (χ0n) is 12.0. The van der Waals surface area contributed by atoms with Gasteiger partial charge in [-0.1, -0.05) is 12.1 Å². The second-order valence-corrected chi connectivity index (χ2v) is 7.72. The van der Waals surface area contributed by atoms with Crippen LogP contribution in [0.3, 0.4) is 0 Å². The highest BCUT2D eigenvalue weighted by Gasteiger charge is 2.18. The first-order chi connectivity index (χ1) is 9.29. The van der Waals surface area contributed by atoms with Crippen LogP contribution in [0.1, 0.15) is 26.3 Å². The number of carbonyl (C=O) groups excluding carboxylic acids is 1. The number of halogens is 1. The van der Waals surface area contributed by atoms with Crippen molar-refractivity contribution in [2.75, 3.05) is 12.3 Å². The van der Waals surface area contributed by atoms with Crippen LogP contribution < -0.4 is 10.6 Å². The monoisotopic (exact) mass is 300 g/mol. The number of urea groups is 1. The smallest absolute Gasteiger partial charge is 0.315 e. The Bertz CT molecular complexity index is 469. The van der Waals surface area contributed by atoms with E-state index in [-0.39, 0.29) is 16.6 Å². The van der Waals surface area contributed by atoms with Gasteiger partial charge in [0.25, 0.3) is 0 Å². The molecule has 0 aliphatic heterocycles. The molecule has 0 spiro atoms. The second-order valence-electron chi connectivity index (χ2n) is 5.40. The molecule has 2 amide bonds. The molecule has 0 radical (unpaired) electrons.